The maximum absolute atomic E-state index is 12.2. The van der Waals surface area contributed by atoms with Crippen LogP contribution in [0.1, 0.15) is 25.7 Å². The van der Waals surface area contributed by atoms with Crippen LogP contribution in [-0.2, 0) is 4.79 Å². The van der Waals surface area contributed by atoms with Gasteiger partial charge in [0.05, 0.1) is 0 Å². The zero-order valence-corrected chi connectivity index (χ0v) is 17.0. The van der Waals surface area contributed by atoms with Crippen molar-refractivity contribution in [3.63, 3.8) is 0 Å². The summed E-state index contributed by atoms with van der Waals surface area (Å²) in [6, 6.07) is 0.288. The van der Waals surface area contributed by atoms with E-state index in [1.165, 1.54) is 0 Å². The average Bonchev–Trinajstić information content (AvgIpc) is 3.39. The fourth-order valence-electron chi connectivity index (χ4n) is 4.20. The van der Waals surface area contributed by atoms with Gasteiger partial charge in [-0.25, -0.2) is 15.0 Å². The number of anilines is 1. The minimum Gasteiger partial charge on any atom is -0.351 e. The molecule has 0 radical (unpaired) electrons. The molecule has 0 spiro atoms. The van der Waals surface area contributed by atoms with Crippen molar-refractivity contribution >= 4 is 28.7 Å². The summed E-state index contributed by atoms with van der Waals surface area (Å²) in [6.07, 6.45) is 14.9. The van der Waals surface area contributed by atoms with Crippen molar-refractivity contribution in [3.05, 3.63) is 37.2 Å². The third-order valence-corrected chi connectivity index (χ3v) is 5.84. The van der Waals surface area contributed by atoms with Crippen LogP contribution in [0.3, 0.4) is 0 Å². The van der Waals surface area contributed by atoms with Crippen molar-refractivity contribution in [1.29, 1.82) is 0 Å². The van der Waals surface area contributed by atoms with Gasteiger partial charge in [0, 0.05) is 79.7 Å². The molecular formula is C21H24N8O. The second-order valence-corrected chi connectivity index (χ2v) is 8.06. The van der Waals surface area contributed by atoms with E-state index in [0.717, 1.165) is 47.8 Å². The molecule has 2 N–H and O–H groups in total. The third kappa shape index (κ3) is 3.36. The van der Waals surface area contributed by atoms with E-state index >= 15 is 0 Å². The van der Waals surface area contributed by atoms with E-state index in [1.807, 2.05) is 49.5 Å². The first-order valence-corrected chi connectivity index (χ1v) is 10.2. The second-order valence-electron chi connectivity index (χ2n) is 8.06. The Balaban J connectivity index is 1.31. The molecule has 1 aliphatic rings. The lowest BCUT2D eigenvalue weighted by atomic mass is 9.85. The maximum Gasteiger partial charge on any atom is 0.233 e. The Bertz CT molecular complexity index is 1200. The molecule has 0 aliphatic heterocycles. The van der Waals surface area contributed by atoms with Gasteiger partial charge in [0.25, 0.3) is 0 Å². The van der Waals surface area contributed by atoms with Crippen LogP contribution in [0.15, 0.2) is 37.2 Å². The summed E-state index contributed by atoms with van der Waals surface area (Å²) >= 11 is 0. The van der Waals surface area contributed by atoms with Gasteiger partial charge in [0.15, 0.2) is 0 Å². The molecule has 0 atom stereocenters. The Labute approximate surface area is 173 Å². The highest BCUT2D eigenvalue weighted by atomic mass is 16.2. The first-order chi connectivity index (χ1) is 14.6. The van der Waals surface area contributed by atoms with Crippen molar-refractivity contribution in [2.24, 2.45) is 5.92 Å². The summed E-state index contributed by atoms with van der Waals surface area (Å²) < 4.78 is 1.89. The molecule has 0 unspecified atom stereocenters. The van der Waals surface area contributed by atoms with Crippen molar-refractivity contribution in [2.75, 3.05) is 19.4 Å². The average molecular weight is 404 g/mol. The van der Waals surface area contributed by atoms with E-state index in [1.54, 1.807) is 11.1 Å². The number of carbonyl (C=O) groups is 1. The van der Waals surface area contributed by atoms with E-state index in [0.29, 0.717) is 11.7 Å². The first-order valence-electron chi connectivity index (χ1n) is 10.2. The number of aromatic nitrogens is 6. The van der Waals surface area contributed by atoms with Crippen molar-refractivity contribution in [3.8, 4) is 11.1 Å². The Morgan fingerprint density at radius 1 is 1.17 bits per heavy atom. The van der Waals surface area contributed by atoms with E-state index in [2.05, 4.69) is 30.2 Å². The van der Waals surface area contributed by atoms with Gasteiger partial charge in [-0.3, -0.25) is 9.20 Å². The van der Waals surface area contributed by atoms with Crippen LogP contribution >= 0.6 is 0 Å². The molecule has 0 bridgehead atoms. The van der Waals surface area contributed by atoms with Gasteiger partial charge >= 0.3 is 0 Å². The summed E-state index contributed by atoms with van der Waals surface area (Å²) in [7, 11) is 3.65. The standard InChI is InChI=1S/C21H24N8O/c1-28(2)19(30)13-3-5-15(6-4-13)26-20-24-11-17-16(10-23-18(17)27-20)14-9-25-21-22-7-8-29(21)12-14/h7-13,15H,3-6H2,1-2H3,(H2,23,24,26,27). The van der Waals surface area contributed by atoms with Gasteiger partial charge in [-0.15, -0.1) is 0 Å². The minimum atomic E-state index is 0.133. The molecule has 154 valence electrons. The zero-order chi connectivity index (χ0) is 20.7. The van der Waals surface area contributed by atoms with Gasteiger partial charge in [0.1, 0.15) is 5.65 Å². The Hall–Kier alpha value is -3.49. The Morgan fingerprint density at radius 3 is 2.80 bits per heavy atom. The summed E-state index contributed by atoms with van der Waals surface area (Å²) in [5, 5.41) is 4.39. The largest absolute Gasteiger partial charge is 0.351 e. The molecule has 1 fully saturated rings. The van der Waals surface area contributed by atoms with Crippen LogP contribution in [0.2, 0.25) is 0 Å². The van der Waals surface area contributed by atoms with E-state index in [9.17, 15) is 4.79 Å². The molecule has 9 nitrogen and oxygen atoms in total. The van der Waals surface area contributed by atoms with Gasteiger partial charge in [0.2, 0.25) is 17.6 Å². The highest BCUT2D eigenvalue weighted by Crippen LogP contribution is 2.29. The number of aromatic amines is 1. The fourth-order valence-corrected chi connectivity index (χ4v) is 4.20. The zero-order valence-electron chi connectivity index (χ0n) is 17.0. The van der Waals surface area contributed by atoms with Crippen LogP contribution in [0.25, 0.3) is 27.9 Å². The number of nitrogens with one attached hydrogen (secondary N) is 2. The number of H-pyrrole nitrogens is 1. The van der Waals surface area contributed by atoms with Gasteiger partial charge in [-0.1, -0.05) is 0 Å². The molecule has 1 amide bonds. The number of rotatable bonds is 4. The van der Waals surface area contributed by atoms with Crippen molar-refractivity contribution in [1.82, 2.24) is 34.2 Å². The molecule has 4 heterocycles. The lowest BCUT2D eigenvalue weighted by Crippen LogP contribution is -2.35. The molecule has 30 heavy (non-hydrogen) atoms. The van der Waals surface area contributed by atoms with E-state index < -0.39 is 0 Å². The van der Waals surface area contributed by atoms with Crippen LogP contribution in [0.4, 0.5) is 5.95 Å². The van der Waals surface area contributed by atoms with Gasteiger partial charge in [-0.2, -0.15) is 4.98 Å². The number of hydrogen-bond acceptors (Lipinski definition) is 6. The minimum absolute atomic E-state index is 0.133. The Kier molecular flexibility index (Phi) is 4.57. The SMILES string of the molecule is CN(C)C(=O)C1CCC(Nc2ncc3c(-c4cnc5nccn5c4)c[nH]c3n2)CC1. The topological polar surface area (TPSA) is 104 Å². The molecule has 0 aromatic carbocycles. The first kappa shape index (κ1) is 18.5. The summed E-state index contributed by atoms with van der Waals surface area (Å²) in [5.41, 5.74) is 2.76. The van der Waals surface area contributed by atoms with Crippen LogP contribution in [-0.4, -0.2) is 60.3 Å². The monoisotopic (exact) mass is 404 g/mol. The Morgan fingerprint density at radius 2 is 2.00 bits per heavy atom. The highest BCUT2D eigenvalue weighted by molar-refractivity contribution is 5.93. The lowest BCUT2D eigenvalue weighted by Gasteiger charge is -2.29. The highest BCUT2D eigenvalue weighted by Gasteiger charge is 2.27. The summed E-state index contributed by atoms with van der Waals surface area (Å²) in [5.74, 6) is 1.65. The maximum atomic E-state index is 12.2. The summed E-state index contributed by atoms with van der Waals surface area (Å²) in [6.45, 7) is 0. The molecule has 4 aromatic heterocycles. The number of amides is 1. The molecule has 1 saturated carbocycles. The fraction of sp³-hybridized carbons (Fsp3) is 0.381. The van der Waals surface area contributed by atoms with Gasteiger partial charge < -0.3 is 15.2 Å². The van der Waals surface area contributed by atoms with Crippen LogP contribution in [0.5, 0.6) is 0 Å². The number of carbonyl (C=O) groups excluding carboxylic acids is 1. The van der Waals surface area contributed by atoms with Crippen molar-refractivity contribution in [2.45, 2.75) is 31.7 Å². The number of hydrogen-bond donors (Lipinski definition) is 2. The normalized spacial score (nSPS) is 19.3. The smallest absolute Gasteiger partial charge is 0.233 e. The molecule has 9 heteroatoms. The van der Waals surface area contributed by atoms with Crippen LogP contribution in [0, 0.1) is 5.92 Å². The van der Waals surface area contributed by atoms with Crippen LogP contribution < -0.4 is 5.32 Å². The second kappa shape index (κ2) is 7.40. The number of imidazole rings is 1. The molecule has 4 aromatic rings. The summed E-state index contributed by atoms with van der Waals surface area (Å²) in [4.78, 5) is 34.9. The van der Waals surface area contributed by atoms with E-state index in [-0.39, 0.29) is 17.9 Å². The molecular weight excluding hydrogens is 380 g/mol. The quantitative estimate of drug-likeness (QED) is 0.542. The number of fused-ring (bicyclic) bond motifs is 2. The number of nitrogens with zero attached hydrogens (tertiary/aromatic N) is 6. The molecule has 0 saturated heterocycles. The molecule has 1 aliphatic carbocycles. The lowest BCUT2D eigenvalue weighted by molar-refractivity contribution is -0.133. The predicted octanol–water partition coefficient (Wildman–Crippen LogP) is 2.73. The molecule has 5 rings (SSSR count). The predicted molar refractivity (Wildman–Crippen MR) is 114 cm³/mol. The van der Waals surface area contributed by atoms with Gasteiger partial charge in [-0.05, 0) is 25.7 Å². The van der Waals surface area contributed by atoms with E-state index in [4.69, 9.17) is 0 Å². The van der Waals surface area contributed by atoms with Crippen molar-refractivity contribution < 1.29 is 4.79 Å². The third-order valence-electron chi connectivity index (χ3n) is 5.84.